The Balaban J connectivity index is 1.99. The van der Waals surface area contributed by atoms with Crippen LogP contribution in [0, 0.1) is 0 Å². The molecule has 0 spiro atoms. The maximum atomic E-state index is 11.1. The molecule has 0 radical (unpaired) electrons. The lowest BCUT2D eigenvalue weighted by molar-refractivity contribution is 0.306. The average molecular weight is 311 g/mol. The molecule has 0 N–H and O–H groups in total. The zero-order valence-corrected chi connectivity index (χ0v) is 11.6. The van der Waals surface area contributed by atoms with Crippen molar-refractivity contribution >= 4 is 26.9 Å². The maximum Gasteiger partial charge on any atom is 0.336 e. The molecule has 0 unspecified atom stereocenters. The van der Waals surface area contributed by atoms with Crippen LogP contribution >= 0.6 is 15.9 Å². The number of benzene rings is 1. The Kier molecular flexibility index (Phi) is 4.81. The van der Waals surface area contributed by atoms with E-state index in [0.29, 0.717) is 12.2 Å². The fourth-order valence-electron chi connectivity index (χ4n) is 1.69. The van der Waals surface area contributed by atoms with Gasteiger partial charge in [0.2, 0.25) is 0 Å². The van der Waals surface area contributed by atoms with Crippen molar-refractivity contribution in [3.05, 3.63) is 40.8 Å². The van der Waals surface area contributed by atoms with Crippen molar-refractivity contribution in [3.63, 3.8) is 0 Å². The third kappa shape index (κ3) is 3.60. The lowest BCUT2D eigenvalue weighted by atomic mass is 10.2. The summed E-state index contributed by atoms with van der Waals surface area (Å²) >= 11 is 3.40. The first-order valence-electron chi connectivity index (χ1n) is 6.02. The predicted octanol–water partition coefficient (Wildman–Crippen LogP) is 3.74. The van der Waals surface area contributed by atoms with Crippen molar-refractivity contribution in [2.24, 2.45) is 0 Å². The summed E-state index contributed by atoms with van der Waals surface area (Å²) in [6, 6.07) is 8.73. The third-order valence-electron chi connectivity index (χ3n) is 2.64. The Bertz CT molecular complexity index is 562. The van der Waals surface area contributed by atoms with E-state index in [1.54, 1.807) is 12.1 Å². The maximum absolute atomic E-state index is 11.1. The molecule has 18 heavy (non-hydrogen) atoms. The quantitative estimate of drug-likeness (QED) is 0.463. The molecule has 0 aliphatic rings. The molecular weight excluding hydrogens is 296 g/mol. The van der Waals surface area contributed by atoms with Crippen LogP contribution in [0.4, 0.5) is 0 Å². The van der Waals surface area contributed by atoms with E-state index in [1.807, 2.05) is 12.1 Å². The molecule has 0 fully saturated rings. The lowest BCUT2D eigenvalue weighted by Crippen LogP contribution is -1.98. The van der Waals surface area contributed by atoms with Crippen molar-refractivity contribution in [2.75, 3.05) is 11.9 Å². The van der Waals surface area contributed by atoms with Gasteiger partial charge in [0.25, 0.3) is 0 Å². The van der Waals surface area contributed by atoms with E-state index in [1.165, 1.54) is 6.07 Å². The molecule has 0 saturated heterocycles. The van der Waals surface area contributed by atoms with Crippen LogP contribution in [-0.4, -0.2) is 11.9 Å². The minimum absolute atomic E-state index is 0.336. The number of ether oxygens (including phenoxy) is 1. The second kappa shape index (κ2) is 6.59. The summed E-state index contributed by atoms with van der Waals surface area (Å²) in [5.74, 6) is 0.746. The third-order valence-corrected chi connectivity index (χ3v) is 3.20. The van der Waals surface area contributed by atoms with Gasteiger partial charge in [0.1, 0.15) is 11.3 Å². The van der Waals surface area contributed by atoms with Crippen molar-refractivity contribution in [3.8, 4) is 5.75 Å². The first-order chi connectivity index (χ1) is 8.79. The molecule has 1 aromatic carbocycles. The molecule has 0 atom stereocenters. The topological polar surface area (TPSA) is 39.4 Å². The van der Waals surface area contributed by atoms with E-state index in [-0.39, 0.29) is 5.63 Å². The Labute approximate surface area is 114 Å². The molecule has 3 nitrogen and oxygen atoms in total. The molecule has 0 bridgehead atoms. The van der Waals surface area contributed by atoms with Gasteiger partial charge in [-0.2, -0.15) is 0 Å². The first-order valence-corrected chi connectivity index (χ1v) is 7.14. The van der Waals surface area contributed by atoms with Crippen LogP contribution in [0.2, 0.25) is 0 Å². The van der Waals surface area contributed by atoms with E-state index < -0.39 is 0 Å². The highest BCUT2D eigenvalue weighted by atomic mass is 79.9. The van der Waals surface area contributed by atoms with Gasteiger partial charge in [-0.25, -0.2) is 4.79 Å². The van der Waals surface area contributed by atoms with Crippen molar-refractivity contribution in [1.29, 1.82) is 0 Å². The summed E-state index contributed by atoms with van der Waals surface area (Å²) in [6.07, 6.45) is 3.34. The molecule has 4 heteroatoms. The molecule has 0 aliphatic carbocycles. The highest BCUT2D eigenvalue weighted by Gasteiger charge is 2.00. The number of halogens is 1. The average Bonchev–Trinajstić information content (AvgIpc) is 2.38. The second-order valence-electron chi connectivity index (χ2n) is 4.05. The number of hydrogen-bond acceptors (Lipinski definition) is 3. The van der Waals surface area contributed by atoms with Crippen LogP contribution in [0.5, 0.6) is 5.75 Å². The van der Waals surface area contributed by atoms with Crippen LogP contribution in [0.25, 0.3) is 11.0 Å². The van der Waals surface area contributed by atoms with Gasteiger partial charge >= 0.3 is 5.63 Å². The molecule has 2 rings (SSSR count). The standard InChI is InChI=1S/C14H15BrO3/c15-8-2-1-3-9-17-12-6-4-11-5-7-14(16)18-13(11)10-12/h4-7,10H,1-3,8-9H2. The van der Waals surface area contributed by atoms with Crippen LogP contribution in [0.1, 0.15) is 19.3 Å². The summed E-state index contributed by atoms with van der Waals surface area (Å²) in [7, 11) is 0. The lowest BCUT2D eigenvalue weighted by Gasteiger charge is -2.06. The van der Waals surface area contributed by atoms with Gasteiger partial charge in [0, 0.05) is 22.8 Å². The van der Waals surface area contributed by atoms with E-state index in [4.69, 9.17) is 9.15 Å². The van der Waals surface area contributed by atoms with Crippen molar-refractivity contribution < 1.29 is 9.15 Å². The largest absolute Gasteiger partial charge is 0.493 e. The number of alkyl halides is 1. The SMILES string of the molecule is O=c1ccc2ccc(OCCCCCBr)cc2o1. The predicted molar refractivity (Wildman–Crippen MR) is 75.6 cm³/mol. The van der Waals surface area contributed by atoms with Gasteiger partial charge in [-0.15, -0.1) is 0 Å². The monoisotopic (exact) mass is 310 g/mol. The zero-order valence-electron chi connectivity index (χ0n) is 10.0. The second-order valence-corrected chi connectivity index (χ2v) is 4.85. The van der Waals surface area contributed by atoms with Gasteiger partial charge in [-0.3, -0.25) is 0 Å². The number of hydrogen-bond donors (Lipinski definition) is 0. The fourth-order valence-corrected chi connectivity index (χ4v) is 2.09. The van der Waals surface area contributed by atoms with E-state index in [0.717, 1.165) is 35.7 Å². The molecule has 0 amide bonds. The molecule has 96 valence electrons. The normalized spacial score (nSPS) is 10.7. The summed E-state index contributed by atoms with van der Waals surface area (Å²) in [4.78, 5) is 11.1. The smallest absolute Gasteiger partial charge is 0.336 e. The number of rotatable bonds is 6. The Hall–Kier alpha value is -1.29. The summed E-state index contributed by atoms with van der Waals surface area (Å²) in [5, 5.41) is 1.94. The van der Waals surface area contributed by atoms with Gasteiger partial charge in [-0.05, 0) is 37.5 Å². The Morgan fingerprint density at radius 1 is 1.11 bits per heavy atom. The molecule has 1 aromatic heterocycles. The van der Waals surface area contributed by atoms with Gasteiger partial charge in [-0.1, -0.05) is 15.9 Å². The van der Waals surface area contributed by atoms with Crippen LogP contribution in [0.3, 0.4) is 0 Å². The zero-order chi connectivity index (χ0) is 12.8. The minimum atomic E-state index is -0.336. The van der Waals surface area contributed by atoms with Crippen molar-refractivity contribution in [1.82, 2.24) is 0 Å². The molecule has 0 aliphatic heterocycles. The minimum Gasteiger partial charge on any atom is -0.493 e. The molecule has 2 aromatic rings. The summed E-state index contributed by atoms with van der Waals surface area (Å²) in [6.45, 7) is 0.690. The Morgan fingerprint density at radius 3 is 2.78 bits per heavy atom. The van der Waals surface area contributed by atoms with Gasteiger partial charge in [0.15, 0.2) is 0 Å². The number of fused-ring (bicyclic) bond motifs is 1. The Morgan fingerprint density at radius 2 is 1.94 bits per heavy atom. The molecule has 1 heterocycles. The van der Waals surface area contributed by atoms with Crippen LogP contribution < -0.4 is 10.4 Å². The first kappa shape index (κ1) is 13.1. The van der Waals surface area contributed by atoms with Crippen LogP contribution in [-0.2, 0) is 0 Å². The summed E-state index contributed by atoms with van der Waals surface area (Å²) in [5.41, 5.74) is 0.234. The molecule has 0 saturated carbocycles. The number of unbranched alkanes of at least 4 members (excludes halogenated alkanes) is 2. The fraction of sp³-hybridized carbons (Fsp3) is 0.357. The summed E-state index contributed by atoms with van der Waals surface area (Å²) < 4.78 is 10.7. The van der Waals surface area contributed by atoms with Gasteiger partial charge < -0.3 is 9.15 Å². The van der Waals surface area contributed by atoms with E-state index >= 15 is 0 Å². The highest BCUT2D eigenvalue weighted by molar-refractivity contribution is 9.09. The van der Waals surface area contributed by atoms with E-state index in [2.05, 4.69) is 15.9 Å². The van der Waals surface area contributed by atoms with E-state index in [9.17, 15) is 4.79 Å². The highest BCUT2D eigenvalue weighted by Crippen LogP contribution is 2.19. The van der Waals surface area contributed by atoms with Gasteiger partial charge in [0.05, 0.1) is 6.61 Å². The van der Waals surface area contributed by atoms with Crippen molar-refractivity contribution in [2.45, 2.75) is 19.3 Å². The molecular formula is C14H15BrO3. The van der Waals surface area contributed by atoms with Crippen LogP contribution in [0.15, 0.2) is 39.5 Å².